The molecule has 0 aromatic heterocycles. The molecular formula is C18H25NO5. The highest BCUT2D eigenvalue weighted by Gasteiger charge is 2.12. The van der Waals surface area contributed by atoms with Crippen LogP contribution in [0.1, 0.15) is 33.6 Å². The van der Waals surface area contributed by atoms with Crippen LogP contribution in [-0.4, -0.2) is 31.8 Å². The third-order valence-corrected chi connectivity index (χ3v) is 2.96. The molecule has 0 atom stereocenters. The number of benzene rings is 1. The second-order valence-corrected chi connectivity index (χ2v) is 4.87. The molecule has 0 fully saturated rings. The number of carbonyl (C=O) groups excluding carboxylic acids is 2. The van der Waals surface area contributed by atoms with Crippen LogP contribution in [0.15, 0.2) is 36.0 Å². The fourth-order valence-corrected chi connectivity index (χ4v) is 1.96. The molecular weight excluding hydrogens is 310 g/mol. The zero-order valence-corrected chi connectivity index (χ0v) is 14.5. The lowest BCUT2D eigenvalue weighted by atomic mass is 10.1. The first-order valence-corrected chi connectivity index (χ1v) is 8.07. The van der Waals surface area contributed by atoms with E-state index >= 15 is 0 Å². The number of anilines is 1. The quantitative estimate of drug-likeness (QED) is 0.661. The lowest BCUT2D eigenvalue weighted by molar-refractivity contribution is -0.143. The van der Waals surface area contributed by atoms with Gasteiger partial charge in [0, 0.05) is 11.9 Å². The maximum atomic E-state index is 11.7. The van der Waals surface area contributed by atoms with Crippen LogP contribution in [0.2, 0.25) is 0 Å². The molecule has 132 valence electrons. The van der Waals surface area contributed by atoms with E-state index in [1.165, 1.54) is 0 Å². The molecule has 0 aliphatic heterocycles. The van der Waals surface area contributed by atoms with Crippen molar-refractivity contribution in [2.24, 2.45) is 0 Å². The van der Waals surface area contributed by atoms with Gasteiger partial charge >= 0.3 is 11.9 Å². The third-order valence-electron chi connectivity index (χ3n) is 2.96. The minimum absolute atomic E-state index is 0.0384. The van der Waals surface area contributed by atoms with Crippen molar-refractivity contribution in [2.75, 3.05) is 25.1 Å². The summed E-state index contributed by atoms with van der Waals surface area (Å²) in [5.41, 5.74) is 1.42. The van der Waals surface area contributed by atoms with Crippen LogP contribution in [0.4, 0.5) is 5.69 Å². The number of nitrogens with one attached hydrogen (secondary N) is 1. The van der Waals surface area contributed by atoms with Gasteiger partial charge in [-0.25, -0.2) is 0 Å². The summed E-state index contributed by atoms with van der Waals surface area (Å²) < 4.78 is 15.2. The Balaban J connectivity index is 2.74. The van der Waals surface area contributed by atoms with E-state index in [4.69, 9.17) is 14.2 Å². The summed E-state index contributed by atoms with van der Waals surface area (Å²) in [6, 6.07) is 7.40. The lowest BCUT2D eigenvalue weighted by Gasteiger charge is -2.09. The summed E-state index contributed by atoms with van der Waals surface area (Å²) in [6.07, 6.45) is 1.72. The zero-order valence-electron chi connectivity index (χ0n) is 14.5. The average molecular weight is 335 g/mol. The average Bonchev–Trinajstić information content (AvgIpc) is 2.54. The minimum Gasteiger partial charge on any atom is -0.494 e. The Hall–Kier alpha value is -2.50. The van der Waals surface area contributed by atoms with Crippen molar-refractivity contribution in [3.8, 4) is 5.75 Å². The second kappa shape index (κ2) is 11.1. The molecule has 24 heavy (non-hydrogen) atoms. The molecule has 1 rings (SSSR count). The normalized spacial score (nSPS) is 9.79. The molecule has 0 saturated heterocycles. The van der Waals surface area contributed by atoms with E-state index in [0.29, 0.717) is 25.4 Å². The van der Waals surface area contributed by atoms with E-state index in [0.717, 1.165) is 11.4 Å². The summed E-state index contributed by atoms with van der Waals surface area (Å²) in [5.74, 6) is 0.0355. The van der Waals surface area contributed by atoms with Crippen molar-refractivity contribution in [3.05, 3.63) is 36.0 Å². The van der Waals surface area contributed by atoms with E-state index in [2.05, 4.69) is 5.32 Å². The van der Waals surface area contributed by atoms with Gasteiger partial charge in [0.15, 0.2) is 0 Å². The number of hydrogen-bond donors (Lipinski definition) is 1. The lowest BCUT2D eigenvalue weighted by Crippen LogP contribution is -2.11. The van der Waals surface area contributed by atoms with Crippen LogP contribution in [0.3, 0.4) is 0 Å². The van der Waals surface area contributed by atoms with Crippen molar-refractivity contribution in [1.82, 2.24) is 0 Å². The van der Waals surface area contributed by atoms with Crippen molar-refractivity contribution in [1.29, 1.82) is 0 Å². The molecule has 0 spiro atoms. The first kappa shape index (κ1) is 19.5. The highest BCUT2D eigenvalue weighted by Crippen LogP contribution is 2.17. The van der Waals surface area contributed by atoms with E-state index in [1.807, 2.05) is 31.2 Å². The Bertz CT molecular complexity index is 529. The first-order chi connectivity index (χ1) is 11.6. The maximum Gasteiger partial charge on any atom is 0.309 e. The molecule has 0 heterocycles. The standard InChI is InChI=1S/C18H25NO5/c1-4-22-16-9-7-15(8-10-16)19-13-14(11-17(20)23-5-2)12-18(21)24-6-3/h7-10,13,19H,4-6,11-12H2,1-3H3. The number of ether oxygens (including phenoxy) is 3. The molecule has 0 amide bonds. The molecule has 0 aliphatic rings. The molecule has 1 aromatic rings. The predicted molar refractivity (Wildman–Crippen MR) is 91.8 cm³/mol. The van der Waals surface area contributed by atoms with Gasteiger partial charge in [0.05, 0.1) is 32.7 Å². The van der Waals surface area contributed by atoms with Gasteiger partial charge in [-0.15, -0.1) is 0 Å². The van der Waals surface area contributed by atoms with Crippen molar-refractivity contribution >= 4 is 17.6 Å². The van der Waals surface area contributed by atoms with E-state index < -0.39 is 0 Å². The zero-order chi connectivity index (χ0) is 17.8. The molecule has 1 N–H and O–H groups in total. The fraction of sp³-hybridized carbons (Fsp3) is 0.444. The summed E-state index contributed by atoms with van der Waals surface area (Å²) in [4.78, 5) is 23.3. The van der Waals surface area contributed by atoms with Crippen LogP contribution in [-0.2, 0) is 19.1 Å². The monoisotopic (exact) mass is 335 g/mol. The van der Waals surface area contributed by atoms with Gasteiger partial charge in [0.25, 0.3) is 0 Å². The first-order valence-electron chi connectivity index (χ1n) is 8.07. The maximum absolute atomic E-state index is 11.7. The predicted octanol–water partition coefficient (Wildman–Crippen LogP) is 3.29. The summed E-state index contributed by atoms with van der Waals surface area (Å²) >= 11 is 0. The summed E-state index contributed by atoms with van der Waals surface area (Å²) in [7, 11) is 0. The molecule has 0 unspecified atom stereocenters. The third kappa shape index (κ3) is 7.67. The minimum atomic E-state index is -0.374. The molecule has 1 aromatic carbocycles. The molecule has 0 bridgehead atoms. The SMILES string of the molecule is CCOC(=O)CC(=CNc1ccc(OCC)cc1)CC(=O)OCC. The fourth-order valence-electron chi connectivity index (χ4n) is 1.96. The van der Waals surface area contributed by atoms with E-state index in [1.54, 1.807) is 20.0 Å². The van der Waals surface area contributed by atoms with E-state index in [-0.39, 0.29) is 24.8 Å². The van der Waals surface area contributed by atoms with Gasteiger partial charge in [-0.3, -0.25) is 9.59 Å². The molecule has 0 radical (unpaired) electrons. The van der Waals surface area contributed by atoms with Gasteiger partial charge in [0.2, 0.25) is 0 Å². The highest BCUT2D eigenvalue weighted by molar-refractivity contribution is 5.78. The topological polar surface area (TPSA) is 73.9 Å². The van der Waals surface area contributed by atoms with Crippen LogP contribution < -0.4 is 10.1 Å². The number of hydrogen-bond acceptors (Lipinski definition) is 6. The number of carbonyl (C=O) groups is 2. The Morgan fingerprint density at radius 3 is 1.92 bits per heavy atom. The van der Waals surface area contributed by atoms with Gasteiger partial charge in [0.1, 0.15) is 5.75 Å². The molecule has 0 saturated carbocycles. The highest BCUT2D eigenvalue weighted by atomic mass is 16.5. The van der Waals surface area contributed by atoms with Crippen molar-refractivity contribution in [3.63, 3.8) is 0 Å². The number of esters is 2. The van der Waals surface area contributed by atoms with Crippen LogP contribution in [0.25, 0.3) is 0 Å². The summed E-state index contributed by atoms with van der Waals surface area (Å²) in [6.45, 7) is 6.62. The Labute approximate surface area is 142 Å². The largest absolute Gasteiger partial charge is 0.494 e. The van der Waals surface area contributed by atoms with Gasteiger partial charge in [-0.1, -0.05) is 0 Å². The van der Waals surface area contributed by atoms with E-state index in [9.17, 15) is 9.59 Å². The van der Waals surface area contributed by atoms with Crippen molar-refractivity contribution < 1.29 is 23.8 Å². The summed E-state index contributed by atoms with van der Waals surface area (Å²) in [5, 5.41) is 3.08. The number of rotatable bonds is 10. The Kier molecular flexibility index (Phi) is 9.04. The van der Waals surface area contributed by atoms with Crippen LogP contribution >= 0.6 is 0 Å². The molecule has 6 heteroatoms. The molecule has 0 aliphatic carbocycles. The smallest absolute Gasteiger partial charge is 0.309 e. The Morgan fingerprint density at radius 2 is 1.46 bits per heavy atom. The molecule has 6 nitrogen and oxygen atoms in total. The van der Waals surface area contributed by atoms with Crippen LogP contribution in [0, 0.1) is 0 Å². The van der Waals surface area contributed by atoms with Crippen LogP contribution in [0.5, 0.6) is 5.75 Å². The van der Waals surface area contributed by atoms with Gasteiger partial charge in [-0.2, -0.15) is 0 Å². The van der Waals surface area contributed by atoms with Gasteiger partial charge in [-0.05, 0) is 50.6 Å². The Morgan fingerprint density at radius 1 is 0.917 bits per heavy atom. The second-order valence-electron chi connectivity index (χ2n) is 4.87. The van der Waals surface area contributed by atoms with Gasteiger partial charge < -0.3 is 19.5 Å². The van der Waals surface area contributed by atoms with Crippen molar-refractivity contribution in [2.45, 2.75) is 33.6 Å².